The molecule has 0 aliphatic rings. The van der Waals surface area contributed by atoms with Crippen LogP contribution in [0.4, 0.5) is 0 Å². The molecule has 0 aliphatic heterocycles. The normalized spacial score (nSPS) is 12.7. The molecule has 41 heavy (non-hydrogen) atoms. The van der Waals surface area contributed by atoms with E-state index in [0.29, 0.717) is 5.82 Å². The molecule has 0 bridgehead atoms. The zero-order valence-corrected chi connectivity index (χ0v) is 23.2. The third kappa shape index (κ3) is 3.43. The molecular weight excluding hydrogens is 520 g/mol. The van der Waals surface area contributed by atoms with E-state index in [9.17, 15) is 0 Å². The number of allylic oxidation sites excluding steroid dienone is 5. The van der Waals surface area contributed by atoms with Crippen LogP contribution in [0.2, 0.25) is 0 Å². The zero-order chi connectivity index (χ0) is 27.5. The number of hydrogen-bond donors (Lipinski definition) is 0. The van der Waals surface area contributed by atoms with Gasteiger partial charge in [0.25, 0.3) is 0 Å². The molecule has 194 valence electrons. The molecule has 0 spiro atoms. The van der Waals surface area contributed by atoms with Crippen molar-refractivity contribution in [3.63, 3.8) is 0 Å². The van der Waals surface area contributed by atoms with Crippen LogP contribution in [-0.4, -0.2) is 19.5 Å². The van der Waals surface area contributed by atoms with Crippen LogP contribution in [0.15, 0.2) is 122 Å². The lowest BCUT2D eigenvalue weighted by Crippen LogP contribution is -2.05. The van der Waals surface area contributed by atoms with Gasteiger partial charge in [0, 0.05) is 43.4 Å². The van der Waals surface area contributed by atoms with E-state index in [2.05, 4.69) is 83.9 Å². The first-order valence-corrected chi connectivity index (χ1v) is 14.4. The maximum Gasteiger partial charge on any atom is 0.161 e. The molecule has 0 aliphatic carbocycles. The Morgan fingerprint density at radius 3 is 2.29 bits per heavy atom. The molecule has 0 atom stereocenters. The summed E-state index contributed by atoms with van der Waals surface area (Å²) in [6, 6.07) is 29.9. The number of nitrogens with zero attached hydrogens (tertiary/aromatic N) is 4. The third-order valence-corrected chi connectivity index (χ3v) is 8.96. The minimum absolute atomic E-state index is 0.665. The molecule has 0 N–H and O–H groups in total. The largest absolute Gasteiger partial charge is 0.276 e. The number of benzene rings is 4. The van der Waals surface area contributed by atoms with E-state index < -0.39 is 0 Å². The predicted octanol–water partition coefficient (Wildman–Crippen LogP) is 9.79. The molecule has 4 aromatic heterocycles. The molecule has 8 rings (SSSR count). The van der Waals surface area contributed by atoms with Gasteiger partial charge in [-0.1, -0.05) is 85.5 Å². The Morgan fingerprint density at radius 2 is 1.49 bits per heavy atom. The van der Waals surface area contributed by atoms with Gasteiger partial charge < -0.3 is 0 Å². The summed E-state index contributed by atoms with van der Waals surface area (Å²) in [6.07, 6.45) is 9.60. The Balaban J connectivity index is 1.64. The summed E-state index contributed by atoms with van der Waals surface area (Å²) in [4.78, 5) is 15.2. The molecule has 0 unspecified atom stereocenters. The van der Waals surface area contributed by atoms with Crippen LogP contribution < -0.4 is 0 Å². The number of rotatable bonds is 4. The smallest absolute Gasteiger partial charge is 0.161 e. The topological polar surface area (TPSA) is 43.6 Å². The highest BCUT2D eigenvalue weighted by Crippen LogP contribution is 2.47. The van der Waals surface area contributed by atoms with Crippen molar-refractivity contribution in [2.75, 3.05) is 0 Å². The quantitative estimate of drug-likeness (QED) is 0.207. The van der Waals surface area contributed by atoms with Crippen LogP contribution in [0.25, 0.3) is 75.2 Å². The van der Waals surface area contributed by atoms with Gasteiger partial charge in [0.2, 0.25) is 0 Å². The van der Waals surface area contributed by atoms with Gasteiger partial charge in [0.15, 0.2) is 11.6 Å². The Labute approximate surface area is 240 Å². The van der Waals surface area contributed by atoms with Crippen LogP contribution >= 0.6 is 11.3 Å². The minimum atomic E-state index is 0.665. The van der Waals surface area contributed by atoms with E-state index in [1.807, 2.05) is 54.8 Å². The molecule has 0 saturated heterocycles. The lowest BCUT2D eigenvalue weighted by atomic mass is 9.99. The third-order valence-electron chi connectivity index (χ3n) is 7.78. The average molecular weight is 545 g/mol. The number of fused-ring (bicyclic) bond motifs is 11. The number of para-hydroxylation sites is 1. The van der Waals surface area contributed by atoms with Crippen LogP contribution in [0, 0.1) is 0 Å². The Hall–Kier alpha value is -5.13. The van der Waals surface area contributed by atoms with Crippen molar-refractivity contribution >= 4 is 80.7 Å². The second-order valence-electron chi connectivity index (χ2n) is 10.0. The molecule has 0 amide bonds. The molecule has 4 heterocycles. The fraction of sp³-hybridized carbons (Fsp3) is 0.0278. The summed E-state index contributed by atoms with van der Waals surface area (Å²) >= 11 is 1.84. The molecule has 5 heteroatoms. The minimum Gasteiger partial charge on any atom is -0.276 e. The fourth-order valence-electron chi connectivity index (χ4n) is 6.04. The van der Waals surface area contributed by atoms with Gasteiger partial charge in [-0.3, -0.25) is 4.57 Å². The highest BCUT2D eigenvalue weighted by molar-refractivity contribution is 7.27. The van der Waals surface area contributed by atoms with Gasteiger partial charge in [0.05, 0.1) is 15.7 Å². The first-order valence-electron chi connectivity index (χ1n) is 13.6. The van der Waals surface area contributed by atoms with Crippen molar-refractivity contribution in [2.24, 2.45) is 0 Å². The van der Waals surface area contributed by atoms with Gasteiger partial charge in [-0.15, -0.1) is 11.3 Å². The first-order chi connectivity index (χ1) is 20.3. The van der Waals surface area contributed by atoms with Gasteiger partial charge in [-0.25, -0.2) is 15.0 Å². The Morgan fingerprint density at radius 1 is 0.780 bits per heavy atom. The summed E-state index contributed by atoms with van der Waals surface area (Å²) in [5, 5.41) is 8.32. The summed E-state index contributed by atoms with van der Waals surface area (Å²) in [5.41, 5.74) is 3.84. The number of thiophene rings is 1. The van der Waals surface area contributed by atoms with Crippen molar-refractivity contribution in [1.29, 1.82) is 0 Å². The van der Waals surface area contributed by atoms with E-state index in [0.717, 1.165) is 38.8 Å². The van der Waals surface area contributed by atoms with Gasteiger partial charge in [-0.05, 0) is 48.0 Å². The summed E-state index contributed by atoms with van der Waals surface area (Å²) < 4.78 is 4.77. The summed E-state index contributed by atoms with van der Waals surface area (Å²) in [7, 11) is 0. The average Bonchev–Trinajstić information content (AvgIpc) is 3.58. The molecule has 0 fully saturated rings. The standard InChI is InChI=1S/C36H24N4S/c1-3-5-13-22(4-2)34-38-28-19-10-8-16-25(28)36(39-34)40-32-30(27-18-12-21-37-35(27)40)23-14-6-7-15-24(23)31-26-17-9-11-20-29(26)41-33(31)32/h3-21H,1H2,2H3/b13-5-,22-4+. The van der Waals surface area contributed by atoms with E-state index >= 15 is 0 Å². The molecule has 8 aromatic rings. The van der Waals surface area contributed by atoms with Gasteiger partial charge in [-0.2, -0.15) is 0 Å². The SMILES string of the molecule is C=C/C=C\C(=C/C)c1nc(-n2c3ncccc3c3c4ccccc4c4c5ccccc5sc4c32)c2ccccc2n1. The van der Waals surface area contributed by atoms with E-state index in [4.69, 9.17) is 15.0 Å². The van der Waals surface area contributed by atoms with Gasteiger partial charge >= 0.3 is 0 Å². The zero-order valence-electron chi connectivity index (χ0n) is 22.4. The highest BCUT2D eigenvalue weighted by atomic mass is 32.1. The maximum atomic E-state index is 5.27. The molecule has 0 radical (unpaired) electrons. The van der Waals surface area contributed by atoms with E-state index in [-0.39, 0.29) is 0 Å². The summed E-state index contributed by atoms with van der Waals surface area (Å²) in [5.74, 6) is 1.49. The van der Waals surface area contributed by atoms with Crippen LogP contribution in [0.5, 0.6) is 0 Å². The first kappa shape index (κ1) is 23.7. The van der Waals surface area contributed by atoms with Crippen molar-refractivity contribution in [3.8, 4) is 5.82 Å². The number of pyridine rings is 1. The van der Waals surface area contributed by atoms with Crippen molar-refractivity contribution in [3.05, 3.63) is 128 Å². The highest BCUT2D eigenvalue weighted by Gasteiger charge is 2.24. The lowest BCUT2D eigenvalue weighted by Gasteiger charge is -2.13. The monoisotopic (exact) mass is 544 g/mol. The van der Waals surface area contributed by atoms with Crippen molar-refractivity contribution in [1.82, 2.24) is 19.5 Å². The predicted molar refractivity (Wildman–Crippen MR) is 175 cm³/mol. The fourth-order valence-corrected chi connectivity index (χ4v) is 7.30. The maximum absolute atomic E-state index is 5.27. The second-order valence-corrected chi connectivity index (χ2v) is 11.1. The Bertz CT molecular complexity index is 2400. The van der Waals surface area contributed by atoms with Crippen LogP contribution in [0.1, 0.15) is 12.7 Å². The number of aromatic nitrogens is 4. The van der Waals surface area contributed by atoms with E-state index in [1.54, 1.807) is 6.08 Å². The Kier molecular flexibility index (Phi) is 5.34. The van der Waals surface area contributed by atoms with Crippen molar-refractivity contribution in [2.45, 2.75) is 6.92 Å². The second kappa shape index (κ2) is 9.22. The van der Waals surface area contributed by atoms with Crippen molar-refractivity contribution < 1.29 is 0 Å². The molecule has 4 nitrogen and oxygen atoms in total. The molecule has 0 saturated carbocycles. The number of hydrogen-bond acceptors (Lipinski definition) is 4. The summed E-state index contributed by atoms with van der Waals surface area (Å²) in [6.45, 7) is 5.85. The van der Waals surface area contributed by atoms with Crippen LogP contribution in [0.3, 0.4) is 0 Å². The van der Waals surface area contributed by atoms with Gasteiger partial charge in [0.1, 0.15) is 5.65 Å². The molecular formula is C36H24N4S. The van der Waals surface area contributed by atoms with E-state index in [1.165, 1.54) is 36.3 Å². The lowest BCUT2D eigenvalue weighted by molar-refractivity contribution is 1.04. The molecule has 4 aromatic carbocycles. The van der Waals surface area contributed by atoms with Crippen LogP contribution in [-0.2, 0) is 0 Å².